The summed E-state index contributed by atoms with van der Waals surface area (Å²) < 4.78 is 0. The zero-order chi connectivity index (χ0) is 15.6. The van der Waals surface area contributed by atoms with Crippen molar-refractivity contribution in [2.45, 2.75) is 13.5 Å². The number of carbonyl (C=O) groups is 1. The highest BCUT2D eigenvalue weighted by Gasteiger charge is 2.18. The molecule has 0 fully saturated rings. The van der Waals surface area contributed by atoms with Crippen LogP contribution >= 0.6 is 11.6 Å². The Morgan fingerprint density at radius 3 is 2.38 bits per heavy atom. The van der Waals surface area contributed by atoms with Crippen molar-refractivity contribution >= 4 is 17.5 Å². The van der Waals surface area contributed by atoms with Crippen LogP contribution in [0.1, 0.15) is 21.5 Å². The molecule has 0 aliphatic carbocycles. The maximum Gasteiger partial charge on any atom is 0.257 e. The van der Waals surface area contributed by atoms with Gasteiger partial charge in [0.2, 0.25) is 0 Å². The van der Waals surface area contributed by atoms with E-state index in [4.69, 9.17) is 11.6 Å². The Kier molecular flexibility index (Phi) is 4.38. The van der Waals surface area contributed by atoms with Gasteiger partial charge in [-0.3, -0.25) is 4.79 Å². The van der Waals surface area contributed by atoms with Gasteiger partial charge in [-0.05, 0) is 18.6 Å². The van der Waals surface area contributed by atoms with Crippen LogP contribution in [0.2, 0.25) is 5.02 Å². The van der Waals surface area contributed by atoms with Gasteiger partial charge >= 0.3 is 0 Å². The van der Waals surface area contributed by atoms with Crippen LogP contribution in [0.25, 0.3) is 0 Å². The SMILES string of the molecule is Cc1ccc(CN(C)C(=O)c2cc(Cl)c(O)cc2O)cc1. The van der Waals surface area contributed by atoms with Gasteiger partial charge in [0, 0.05) is 19.7 Å². The van der Waals surface area contributed by atoms with Crippen molar-refractivity contribution in [3.8, 4) is 11.5 Å². The first-order valence-electron chi connectivity index (χ1n) is 6.41. The summed E-state index contributed by atoms with van der Waals surface area (Å²) in [7, 11) is 1.64. The minimum absolute atomic E-state index is 0.0277. The highest BCUT2D eigenvalue weighted by atomic mass is 35.5. The predicted octanol–water partition coefficient (Wildman–Crippen LogP) is 3.33. The molecule has 0 unspecified atom stereocenters. The Morgan fingerprint density at radius 2 is 1.76 bits per heavy atom. The molecule has 21 heavy (non-hydrogen) atoms. The quantitative estimate of drug-likeness (QED) is 0.914. The third-order valence-electron chi connectivity index (χ3n) is 3.18. The third kappa shape index (κ3) is 3.47. The van der Waals surface area contributed by atoms with E-state index in [0.29, 0.717) is 6.54 Å². The normalized spacial score (nSPS) is 10.4. The molecule has 110 valence electrons. The molecule has 0 spiro atoms. The Morgan fingerprint density at radius 1 is 1.14 bits per heavy atom. The van der Waals surface area contributed by atoms with Gasteiger partial charge in [0.1, 0.15) is 11.5 Å². The molecular weight excluding hydrogens is 290 g/mol. The molecule has 0 atom stereocenters. The summed E-state index contributed by atoms with van der Waals surface area (Å²) in [5.74, 6) is -0.917. The van der Waals surface area contributed by atoms with Gasteiger partial charge in [-0.15, -0.1) is 0 Å². The Balaban J connectivity index is 2.19. The van der Waals surface area contributed by atoms with Gasteiger partial charge in [0.25, 0.3) is 5.91 Å². The lowest BCUT2D eigenvalue weighted by molar-refractivity contribution is 0.0782. The van der Waals surface area contributed by atoms with E-state index in [9.17, 15) is 15.0 Å². The summed E-state index contributed by atoms with van der Waals surface area (Å²) in [5, 5.41) is 19.2. The van der Waals surface area contributed by atoms with Crippen LogP contribution in [0.5, 0.6) is 11.5 Å². The van der Waals surface area contributed by atoms with Gasteiger partial charge in [-0.1, -0.05) is 41.4 Å². The Labute approximate surface area is 128 Å². The number of carbonyl (C=O) groups excluding carboxylic acids is 1. The number of aryl methyl sites for hydroxylation is 1. The number of aromatic hydroxyl groups is 2. The number of amides is 1. The number of rotatable bonds is 3. The highest BCUT2D eigenvalue weighted by Crippen LogP contribution is 2.31. The van der Waals surface area contributed by atoms with E-state index in [1.54, 1.807) is 7.05 Å². The first kappa shape index (κ1) is 15.2. The third-order valence-corrected chi connectivity index (χ3v) is 3.49. The van der Waals surface area contributed by atoms with Gasteiger partial charge in [-0.2, -0.15) is 0 Å². The van der Waals surface area contributed by atoms with Crippen LogP contribution in [-0.4, -0.2) is 28.1 Å². The molecule has 0 aliphatic rings. The molecule has 2 aromatic rings. The lowest BCUT2D eigenvalue weighted by atomic mass is 10.1. The lowest BCUT2D eigenvalue weighted by Crippen LogP contribution is -2.26. The number of phenols is 2. The molecule has 4 nitrogen and oxygen atoms in total. The van der Waals surface area contributed by atoms with E-state index in [1.165, 1.54) is 11.0 Å². The zero-order valence-electron chi connectivity index (χ0n) is 11.8. The average Bonchev–Trinajstić information content (AvgIpc) is 2.44. The van der Waals surface area contributed by atoms with Crippen molar-refractivity contribution in [3.05, 3.63) is 58.1 Å². The maximum absolute atomic E-state index is 12.3. The fraction of sp³-hybridized carbons (Fsp3) is 0.188. The fourth-order valence-electron chi connectivity index (χ4n) is 1.97. The number of halogens is 1. The molecule has 0 radical (unpaired) electrons. The van der Waals surface area contributed by atoms with Gasteiger partial charge in [-0.25, -0.2) is 0 Å². The van der Waals surface area contributed by atoms with Crippen molar-refractivity contribution in [1.29, 1.82) is 0 Å². The van der Waals surface area contributed by atoms with Gasteiger partial charge in [0.05, 0.1) is 10.6 Å². The van der Waals surface area contributed by atoms with Crippen LogP contribution in [-0.2, 0) is 6.54 Å². The van der Waals surface area contributed by atoms with Crippen molar-refractivity contribution in [1.82, 2.24) is 4.90 Å². The summed E-state index contributed by atoms with van der Waals surface area (Å²) in [5.41, 5.74) is 2.20. The van der Waals surface area contributed by atoms with Crippen molar-refractivity contribution in [2.75, 3.05) is 7.05 Å². The molecule has 0 bridgehead atoms. The molecular formula is C16H16ClNO3. The van der Waals surface area contributed by atoms with E-state index < -0.39 is 0 Å². The summed E-state index contributed by atoms with van der Waals surface area (Å²) in [6, 6.07) is 10.2. The smallest absolute Gasteiger partial charge is 0.257 e. The van der Waals surface area contributed by atoms with E-state index in [-0.39, 0.29) is 28.0 Å². The predicted molar refractivity (Wildman–Crippen MR) is 81.8 cm³/mol. The number of hydrogen-bond acceptors (Lipinski definition) is 3. The molecule has 0 aliphatic heterocycles. The molecule has 2 aromatic carbocycles. The average molecular weight is 306 g/mol. The van der Waals surface area contributed by atoms with Crippen LogP contribution in [0.4, 0.5) is 0 Å². The van der Waals surface area contributed by atoms with Gasteiger partial charge < -0.3 is 15.1 Å². The molecule has 5 heteroatoms. The molecule has 0 aromatic heterocycles. The summed E-state index contributed by atoms with van der Waals surface area (Å²) in [6.07, 6.45) is 0. The highest BCUT2D eigenvalue weighted by molar-refractivity contribution is 6.32. The van der Waals surface area contributed by atoms with E-state index >= 15 is 0 Å². The minimum Gasteiger partial charge on any atom is -0.507 e. The molecule has 0 saturated carbocycles. The largest absolute Gasteiger partial charge is 0.507 e. The van der Waals surface area contributed by atoms with E-state index in [2.05, 4.69) is 0 Å². The number of phenolic OH excluding ortho intramolecular Hbond substituents is 2. The minimum atomic E-state index is -0.366. The Bertz CT molecular complexity index is 668. The van der Waals surface area contributed by atoms with E-state index in [1.807, 2.05) is 31.2 Å². The zero-order valence-corrected chi connectivity index (χ0v) is 12.6. The number of hydrogen-bond donors (Lipinski definition) is 2. The summed E-state index contributed by atoms with van der Waals surface area (Å²) in [6.45, 7) is 2.41. The molecule has 0 saturated heterocycles. The van der Waals surface area contributed by atoms with Gasteiger partial charge in [0.15, 0.2) is 0 Å². The summed E-state index contributed by atoms with van der Waals surface area (Å²) >= 11 is 5.78. The molecule has 2 N–H and O–H groups in total. The topological polar surface area (TPSA) is 60.8 Å². The van der Waals surface area contributed by atoms with E-state index in [0.717, 1.165) is 17.2 Å². The number of nitrogens with zero attached hydrogens (tertiary/aromatic N) is 1. The molecule has 2 rings (SSSR count). The molecule has 0 heterocycles. The van der Waals surface area contributed by atoms with Crippen LogP contribution in [0.3, 0.4) is 0 Å². The second-order valence-electron chi connectivity index (χ2n) is 4.97. The number of benzene rings is 2. The maximum atomic E-state index is 12.3. The lowest BCUT2D eigenvalue weighted by Gasteiger charge is -2.18. The van der Waals surface area contributed by atoms with Crippen molar-refractivity contribution < 1.29 is 15.0 Å². The standard InChI is InChI=1S/C16H16ClNO3/c1-10-3-5-11(6-4-10)9-18(2)16(21)12-7-13(17)15(20)8-14(12)19/h3-8,19-20H,9H2,1-2H3. The van der Waals surface area contributed by atoms with Crippen LogP contribution in [0, 0.1) is 6.92 Å². The summed E-state index contributed by atoms with van der Waals surface area (Å²) in [4.78, 5) is 13.8. The van der Waals surface area contributed by atoms with Crippen molar-refractivity contribution in [3.63, 3.8) is 0 Å². The van der Waals surface area contributed by atoms with Crippen LogP contribution < -0.4 is 0 Å². The van der Waals surface area contributed by atoms with Crippen LogP contribution in [0.15, 0.2) is 36.4 Å². The second-order valence-corrected chi connectivity index (χ2v) is 5.37. The first-order valence-corrected chi connectivity index (χ1v) is 6.78. The first-order chi connectivity index (χ1) is 9.88. The monoisotopic (exact) mass is 305 g/mol. The second kappa shape index (κ2) is 6.06. The molecule has 1 amide bonds. The fourth-order valence-corrected chi connectivity index (χ4v) is 2.13. The Hall–Kier alpha value is -2.20. The van der Waals surface area contributed by atoms with Crippen molar-refractivity contribution in [2.24, 2.45) is 0 Å².